The molecule has 0 fully saturated rings. The zero-order valence-electron chi connectivity index (χ0n) is 10.2. The first-order valence-corrected chi connectivity index (χ1v) is 5.41. The van der Waals surface area contributed by atoms with Crippen molar-refractivity contribution in [1.29, 1.82) is 0 Å². The molecule has 1 N–H and O–H groups in total. The van der Waals surface area contributed by atoms with Crippen molar-refractivity contribution in [2.24, 2.45) is 0 Å². The molecule has 1 rings (SSSR count). The topological polar surface area (TPSA) is 34.2 Å². The lowest BCUT2D eigenvalue weighted by Gasteiger charge is -2.09. The Labute approximate surface area is 104 Å². The summed E-state index contributed by atoms with van der Waals surface area (Å²) < 4.78 is 42.5. The molecule has 1 aromatic rings. The maximum Gasteiger partial charge on any atom is 0.417 e. The number of halogens is 3. The number of ether oxygens (including phenoxy) is 1. The smallest absolute Gasteiger partial charge is 0.417 e. The third kappa shape index (κ3) is 4.03. The summed E-state index contributed by atoms with van der Waals surface area (Å²) in [6, 6.07) is 1.03. The Bertz CT molecular complexity index is 416. The summed E-state index contributed by atoms with van der Waals surface area (Å²) in [6.45, 7) is 0.755. The summed E-state index contributed by atoms with van der Waals surface area (Å²) in [4.78, 5) is 3.65. The summed E-state index contributed by atoms with van der Waals surface area (Å²) in [5.41, 5.74) is -0.458. The van der Waals surface area contributed by atoms with Gasteiger partial charge in [-0.1, -0.05) is 12.2 Å². The van der Waals surface area contributed by atoms with Gasteiger partial charge in [0.2, 0.25) is 5.88 Å². The second kappa shape index (κ2) is 6.39. The number of pyridine rings is 1. The first-order chi connectivity index (χ1) is 8.49. The van der Waals surface area contributed by atoms with Crippen LogP contribution in [0.15, 0.2) is 18.3 Å². The van der Waals surface area contributed by atoms with Crippen molar-refractivity contribution in [2.45, 2.75) is 12.6 Å². The minimum absolute atomic E-state index is 0.184. The lowest BCUT2D eigenvalue weighted by molar-refractivity contribution is -0.137. The molecule has 0 saturated carbocycles. The number of nitrogens with one attached hydrogen (secondary N) is 1. The summed E-state index contributed by atoms with van der Waals surface area (Å²) >= 11 is 0. The fraction of sp³-hybridized carbons (Fsp3) is 0.417. The van der Waals surface area contributed by atoms with Crippen LogP contribution in [-0.2, 0) is 6.18 Å². The molecule has 0 aliphatic rings. The summed E-state index contributed by atoms with van der Waals surface area (Å²) in [7, 11) is 3.18. The van der Waals surface area contributed by atoms with E-state index in [9.17, 15) is 13.2 Å². The predicted molar refractivity (Wildman–Crippen MR) is 63.4 cm³/mol. The summed E-state index contributed by atoms with van der Waals surface area (Å²) in [5, 5.41) is 2.94. The van der Waals surface area contributed by atoms with Gasteiger partial charge in [-0.25, -0.2) is 4.98 Å². The van der Waals surface area contributed by atoms with E-state index < -0.39 is 11.7 Å². The first kappa shape index (κ1) is 14.5. The highest BCUT2D eigenvalue weighted by molar-refractivity contribution is 5.55. The second-order valence-corrected chi connectivity index (χ2v) is 3.61. The van der Waals surface area contributed by atoms with E-state index in [-0.39, 0.29) is 5.88 Å². The number of hydrogen-bond donors (Lipinski definition) is 1. The van der Waals surface area contributed by atoms with Crippen LogP contribution in [0.25, 0.3) is 6.08 Å². The van der Waals surface area contributed by atoms with E-state index in [0.29, 0.717) is 5.56 Å². The van der Waals surface area contributed by atoms with Gasteiger partial charge in [0.25, 0.3) is 0 Å². The monoisotopic (exact) mass is 260 g/mol. The molecule has 0 saturated heterocycles. The first-order valence-electron chi connectivity index (χ1n) is 5.41. The third-order valence-electron chi connectivity index (χ3n) is 2.26. The average molecular weight is 260 g/mol. The Hall–Kier alpha value is -1.56. The zero-order chi connectivity index (χ0) is 13.6. The van der Waals surface area contributed by atoms with Gasteiger partial charge in [0.05, 0.1) is 12.7 Å². The van der Waals surface area contributed by atoms with Crippen LogP contribution in [0.2, 0.25) is 0 Å². The molecule has 6 heteroatoms. The zero-order valence-corrected chi connectivity index (χ0v) is 10.2. The van der Waals surface area contributed by atoms with Gasteiger partial charge in [-0.05, 0) is 26.1 Å². The van der Waals surface area contributed by atoms with Crippen molar-refractivity contribution in [3.63, 3.8) is 0 Å². The minimum Gasteiger partial charge on any atom is -0.481 e. The second-order valence-electron chi connectivity index (χ2n) is 3.61. The maximum absolute atomic E-state index is 12.5. The molecule has 0 aliphatic carbocycles. The van der Waals surface area contributed by atoms with Crippen LogP contribution in [0.5, 0.6) is 5.88 Å². The largest absolute Gasteiger partial charge is 0.481 e. The number of methoxy groups -OCH3 is 1. The van der Waals surface area contributed by atoms with Crippen LogP contribution in [0.3, 0.4) is 0 Å². The highest BCUT2D eigenvalue weighted by Gasteiger charge is 2.31. The van der Waals surface area contributed by atoms with Crippen molar-refractivity contribution in [1.82, 2.24) is 10.3 Å². The normalized spacial score (nSPS) is 12.1. The average Bonchev–Trinajstić information content (AvgIpc) is 2.33. The van der Waals surface area contributed by atoms with Gasteiger partial charge in [0.1, 0.15) is 0 Å². The van der Waals surface area contributed by atoms with Gasteiger partial charge in [-0.3, -0.25) is 0 Å². The Morgan fingerprint density at radius 1 is 1.44 bits per heavy atom. The Morgan fingerprint density at radius 2 is 2.17 bits per heavy atom. The molecule has 18 heavy (non-hydrogen) atoms. The van der Waals surface area contributed by atoms with Gasteiger partial charge in [0, 0.05) is 11.8 Å². The molecule has 3 nitrogen and oxygen atoms in total. The molecule has 0 radical (unpaired) electrons. The van der Waals surface area contributed by atoms with Crippen LogP contribution < -0.4 is 10.1 Å². The van der Waals surface area contributed by atoms with Crippen molar-refractivity contribution in [3.05, 3.63) is 29.5 Å². The van der Waals surface area contributed by atoms with E-state index >= 15 is 0 Å². The number of aromatic nitrogens is 1. The van der Waals surface area contributed by atoms with Crippen LogP contribution in [0.1, 0.15) is 17.5 Å². The number of hydrogen-bond acceptors (Lipinski definition) is 3. The van der Waals surface area contributed by atoms with Gasteiger partial charge in [0.15, 0.2) is 0 Å². The van der Waals surface area contributed by atoms with Gasteiger partial charge >= 0.3 is 6.18 Å². The van der Waals surface area contributed by atoms with Gasteiger partial charge < -0.3 is 10.1 Å². The van der Waals surface area contributed by atoms with E-state index in [1.807, 2.05) is 0 Å². The van der Waals surface area contributed by atoms with Crippen LogP contribution in [0.4, 0.5) is 13.2 Å². The van der Waals surface area contributed by atoms with Gasteiger partial charge in [-0.15, -0.1) is 0 Å². The molecule has 0 unspecified atom stereocenters. The van der Waals surface area contributed by atoms with Crippen molar-refractivity contribution in [3.8, 4) is 5.88 Å². The lowest BCUT2D eigenvalue weighted by Crippen LogP contribution is -2.07. The van der Waals surface area contributed by atoms with E-state index in [2.05, 4.69) is 10.3 Å². The quantitative estimate of drug-likeness (QED) is 0.826. The third-order valence-corrected chi connectivity index (χ3v) is 2.26. The maximum atomic E-state index is 12.5. The molecule has 0 spiro atoms. The fourth-order valence-electron chi connectivity index (χ4n) is 1.35. The lowest BCUT2D eigenvalue weighted by atomic mass is 10.1. The SMILES string of the molecule is CNCCC=Cc1cc(C(F)(F)F)cnc1OC. The molecule has 1 aromatic heterocycles. The number of nitrogens with zero attached hydrogens (tertiary/aromatic N) is 1. The Kier molecular flexibility index (Phi) is 5.15. The molecule has 0 bridgehead atoms. The minimum atomic E-state index is -4.40. The molecular formula is C12H15F3N2O. The van der Waals surface area contributed by atoms with Crippen molar-refractivity contribution < 1.29 is 17.9 Å². The van der Waals surface area contributed by atoms with Crippen LogP contribution in [-0.4, -0.2) is 25.7 Å². The van der Waals surface area contributed by atoms with E-state index in [4.69, 9.17) is 4.74 Å². The van der Waals surface area contributed by atoms with Crippen LogP contribution in [0, 0.1) is 0 Å². The van der Waals surface area contributed by atoms with Gasteiger partial charge in [-0.2, -0.15) is 13.2 Å². The standard InChI is InChI=1S/C12H15F3N2O/c1-16-6-4-3-5-9-7-10(12(13,14)15)8-17-11(9)18-2/h3,5,7-8,16H,4,6H2,1-2H3. The molecule has 0 aliphatic heterocycles. The molecular weight excluding hydrogens is 245 g/mol. The highest BCUT2D eigenvalue weighted by atomic mass is 19.4. The molecule has 0 atom stereocenters. The van der Waals surface area contributed by atoms with E-state index in [1.54, 1.807) is 19.2 Å². The highest BCUT2D eigenvalue weighted by Crippen LogP contribution is 2.31. The Morgan fingerprint density at radius 3 is 2.72 bits per heavy atom. The fourth-order valence-corrected chi connectivity index (χ4v) is 1.35. The van der Waals surface area contributed by atoms with E-state index in [1.165, 1.54) is 7.11 Å². The molecule has 100 valence electrons. The van der Waals surface area contributed by atoms with Crippen molar-refractivity contribution in [2.75, 3.05) is 20.7 Å². The predicted octanol–water partition coefficient (Wildman–Crippen LogP) is 2.73. The number of rotatable bonds is 5. The molecule has 0 amide bonds. The summed E-state index contributed by atoms with van der Waals surface area (Å²) in [6.07, 6.45) is 0.446. The Balaban J connectivity index is 2.96. The van der Waals surface area contributed by atoms with E-state index in [0.717, 1.165) is 25.2 Å². The molecule has 1 heterocycles. The van der Waals surface area contributed by atoms with Crippen molar-refractivity contribution >= 4 is 6.08 Å². The summed E-state index contributed by atoms with van der Waals surface area (Å²) in [5.74, 6) is 0.184. The van der Waals surface area contributed by atoms with Crippen LogP contribution >= 0.6 is 0 Å². The molecule has 0 aromatic carbocycles. The number of alkyl halides is 3.